The van der Waals surface area contributed by atoms with Crippen LogP contribution in [0.1, 0.15) is 39.0 Å². The van der Waals surface area contributed by atoms with E-state index in [4.69, 9.17) is 0 Å². The number of piperidine rings is 1. The Morgan fingerprint density at radius 1 is 0.828 bits per heavy atom. The number of piperazine rings is 1. The largest absolute Gasteiger partial charge is 0.372 e. The van der Waals surface area contributed by atoms with Crippen molar-refractivity contribution in [3.8, 4) is 0 Å². The average Bonchev–Trinajstić information content (AvgIpc) is 3.57. The van der Waals surface area contributed by atoms with Crippen molar-refractivity contribution in [3.05, 3.63) is 24.3 Å². The van der Waals surface area contributed by atoms with Crippen LogP contribution in [-0.2, 0) is 14.4 Å². The lowest BCUT2D eigenvalue weighted by atomic mass is 10.0. The smallest absolute Gasteiger partial charge is 0.240 e. The van der Waals surface area contributed by atoms with E-state index in [0.717, 1.165) is 18.8 Å². The van der Waals surface area contributed by atoms with Gasteiger partial charge in [-0.2, -0.15) is 0 Å². The summed E-state index contributed by atoms with van der Waals surface area (Å²) in [4.78, 5) is 43.3. The Balaban J connectivity index is 1.35. The molecule has 3 amide bonds. The van der Waals surface area contributed by atoms with Crippen molar-refractivity contribution < 1.29 is 14.4 Å². The van der Waals surface area contributed by atoms with Crippen molar-refractivity contribution in [2.45, 2.75) is 39.0 Å². The number of anilines is 2. The first kappa shape index (κ1) is 19.7. The van der Waals surface area contributed by atoms with Gasteiger partial charge in [0.1, 0.15) is 5.41 Å². The van der Waals surface area contributed by atoms with E-state index in [1.807, 2.05) is 24.3 Å². The standard InChI is InChI=1S/C22H30N4O3/c1-17(27)24-13-15-26(16-14-24)21(29)22(9-10-22)20(28)23-18-5-7-19(8-6-18)25-11-3-2-4-12-25/h5-8H,2-4,9-16H2,1H3,(H,23,28). The van der Waals surface area contributed by atoms with Gasteiger partial charge in [-0.15, -0.1) is 0 Å². The lowest BCUT2D eigenvalue weighted by molar-refractivity contribution is -0.146. The van der Waals surface area contributed by atoms with E-state index in [-0.39, 0.29) is 17.7 Å². The van der Waals surface area contributed by atoms with E-state index in [0.29, 0.717) is 39.0 Å². The molecule has 2 heterocycles. The van der Waals surface area contributed by atoms with Gasteiger partial charge in [-0.3, -0.25) is 14.4 Å². The molecule has 0 bridgehead atoms. The summed E-state index contributed by atoms with van der Waals surface area (Å²) in [5.41, 5.74) is 0.990. The lowest BCUT2D eigenvalue weighted by Crippen LogP contribution is -2.53. The van der Waals surface area contributed by atoms with Crippen LogP contribution in [0.25, 0.3) is 0 Å². The van der Waals surface area contributed by atoms with E-state index >= 15 is 0 Å². The van der Waals surface area contributed by atoms with Crippen molar-refractivity contribution in [2.24, 2.45) is 5.41 Å². The molecule has 29 heavy (non-hydrogen) atoms. The fourth-order valence-corrected chi connectivity index (χ4v) is 4.35. The third kappa shape index (κ3) is 4.09. The second-order valence-electron chi connectivity index (χ2n) is 8.43. The van der Waals surface area contributed by atoms with Gasteiger partial charge in [-0.05, 0) is 56.4 Å². The highest BCUT2D eigenvalue weighted by atomic mass is 16.2. The maximum absolute atomic E-state index is 13.0. The monoisotopic (exact) mass is 398 g/mol. The van der Waals surface area contributed by atoms with Gasteiger partial charge >= 0.3 is 0 Å². The van der Waals surface area contributed by atoms with Crippen molar-refractivity contribution in [3.63, 3.8) is 0 Å². The van der Waals surface area contributed by atoms with Gasteiger partial charge in [-0.1, -0.05) is 0 Å². The summed E-state index contributed by atoms with van der Waals surface area (Å²) in [5.74, 6) is -0.269. The average molecular weight is 399 g/mol. The molecule has 0 atom stereocenters. The molecule has 1 aromatic carbocycles. The first-order valence-electron chi connectivity index (χ1n) is 10.7. The number of amides is 3. The number of hydrogen-bond acceptors (Lipinski definition) is 4. The van der Waals surface area contributed by atoms with Gasteiger partial charge < -0.3 is 20.0 Å². The van der Waals surface area contributed by atoms with Crippen molar-refractivity contribution in [1.29, 1.82) is 0 Å². The fourth-order valence-electron chi connectivity index (χ4n) is 4.35. The molecule has 156 valence electrons. The maximum atomic E-state index is 13.0. The topological polar surface area (TPSA) is 73.0 Å². The Hall–Kier alpha value is -2.57. The Morgan fingerprint density at radius 3 is 1.97 bits per heavy atom. The molecule has 1 aliphatic carbocycles. The van der Waals surface area contributed by atoms with Gasteiger partial charge in [0.15, 0.2) is 0 Å². The summed E-state index contributed by atoms with van der Waals surface area (Å²) < 4.78 is 0. The van der Waals surface area contributed by atoms with Crippen LogP contribution in [0.3, 0.4) is 0 Å². The number of nitrogens with zero attached hydrogens (tertiary/aromatic N) is 3. The van der Waals surface area contributed by atoms with Crippen LogP contribution in [0.2, 0.25) is 0 Å². The molecule has 0 unspecified atom stereocenters. The summed E-state index contributed by atoms with van der Waals surface area (Å²) in [6.45, 7) is 5.79. The normalized spacial score (nSPS) is 20.9. The van der Waals surface area contributed by atoms with Crippen LogP contribution in [0, 0.1) is 5.41 Å². The molecule has 2 aliphatic heterocycles. The summed E-state index contributed by atoms with van der Waals surface area (Å²) >= 11 is 0. The minimum atomic E-state index is -0.927. The first-order chi connectivity index (χ1) is 14.0. The lowest BCUT2D eigenvalue weighted by Gasteiger charge is -2.35. The summed E-state index contributed by atoms with van der Waals surface area (Å²) in [6, 6.07) is 7.94. The predicted molar refractivity (Wildman–Crippen MR) is 112 cm³/mol. The zero-order chi connectivity index (χ0) is 20.4. The molecule has 1 aromatic rings. The van der Waals surface area contributed by atoms with Crippen LogP contribution in [0.4, 0.5) is 11.4 Å². The van der Waals surface area contributed by atoms with Gasteiger partial charge in [0, 0.05) is 57.6 Å². The zero-order valence-corrected chi connectivity index (χ0v) is 17.2. The van der Waals surface area contributed by atoms with Gasteiger partial charge in [0.25, 0.3) is 0 Å². The Bertz CT molecular complexity index is 774. The third-order valence-corrected chi connectivity index (χ3v) is 6.45. The summed E-state index contributed by atoms with van der Waals surface area (Å²) in [6.07, 6.45) is 4.94. The molecule has 4 rings (SSSR count). The summed E-state index contributed by atoms with van der Waals surface area (Å²) in [7, 11) is 0. The Labute approximate surface area is 172 Å². The molecule has 3 aliphatic rings. The van der Waals surface area contributed by atoms with Gasteiger partial charge in [-0.25, -0.2) is 0 Å². The molecule has 7 heteroatoms. The molecular weight excluding hydrogens is 368 g/mol. The van der Waals surface area contributed by atoms with Crippen LogP contribution in [0.5, 0.6) is 0 Å². The summed E-state index contributed by atoms with van der Waals surface area (Å²) in [5, 5.41) is 2.95. The highest BCUT2D eigenvalue weighted by molar-refractivity contribution is 6.13. The van der Waals surface area contributed by atoms with Crippen LogP contribution in [-0.4, -0.2) is 66.8 Å². The highest BCUT2D eigenvalue weighted by Crippen LogP contribution is 2.48. The minimum Gasteiger partial charge on any atom is -0.372 e. The number of nitrogens with one attached hydrogen (secondary N) is 1. The molecule has 0 radical (unpaired) electrons. The predicted octanol–water partition coefficient (Wildman–Crippen LogP) is 2.09. The zero-order valence-electron chi connectivity index (χ0n) is 17.2. The fraction of sp³-hybridized carbons (Fsp3) is 0.591. The molecule has 3 fully saturated rings. The number of hydrogen-bond donors (Lipinski definition) is 1. The van der Waals surface area contributed by atoms with Gasteiger partial charge in [0.2, 0.25) is 17.7 Å². The van der Waals surface area contributed by atoms with E-state index < -0.39 is 5.41 Å². The van der Waals surface area contributed by atoms with Crippen LogP contribution >= 0.6 is 0 Å². The molecule has 7 nitrogen and oxygen atoms in total. The Kier molecular flexibility index (Phi) is 5.48. The number of carbonyl (C=O) groups excluding carboxylic acids is 3. The molecule has 0 aromatic heterocycles. The minimum absolute atomic E-state index is 0.0315. The SMILES string of the molecule is CC(=O)N1CCN(C(=O)C2(C(=O)Nc3ccc(N4CCCCC4)cc3)CC2)CC1. The second-order valence-corrected chi connectivity index (χ2v) is 8.43. The van der Waals surface area contributed by atoms with E-state index in [1.165, 1.54) is 24.9 Å². The molecule has 0 spiro atoms. The van der Waals surface area contributed by atoms with Crippen molar-refractivity contribution >= 4 is 29.1 Å². The molecule has 1 N–H and O–H groups in total. The van der Waals surface area contributed by atoms with E-state index in [9.17, 15) is 14.4 Å². The van der Waals surface area contributed by atoms with E-state index in [2.05, 4.69) is 10.2 Å². The number of benzene rings is 1. The second kappa shape index (κ2) is 8.05. The third-order valence-electron chi connectivity index (χ3n) is 6.45. The van der Waals surface area contributed by atoms with E-state index in [1.54, 1.807) is 16.7 Å². The maximum Gasteiger partial charge on any atom is 0.240 e. The van der Waals surface area contributed by atoms with Gasteiger partial charge in [0.05, 0.1) is 0 Å². The van der Waals surface area contributed by atoms with Crippen LogP contribution < -0.4 is 10.2 Å². The number of rotatable bonds is 4. The highest BCUT2D eigenvalue weighted by Gasteiger charge is 2.58. The van der Waals surface area contributed by atoms with Crippen molar-refractivity contribution in [1.82, 2.24) is 9.80 Å². The number of carbonyl (C=O) groups is 3. The molecule has 2 saturated heterocycles. The molecule has 1 saturated carbocycles. The molecular formula is C22H30N4O3. The van der Waals surface area contributed by atoms with Crippen LogP contribution in [0.15, 0.2) is 24.3 Å². The Morgan fingerprint density at radius 2 is 1.41 bits per heavy atom. The first-order valence-corrected chi connectivity index (χ1v) is 10.7. The van der Waals surface area contributed by atoms with Crippen molar-refractivity contribution in [2.75, 3.05) is 49.5 Å². The quantitative estimate of drug-likeness (QED) is 0.789.